The molecule has 2 aromatic heterocycles. The second kappa shape index (κ2) is 10.4. The van der Waals surface area contributed by atoms with Crippen LogP contribution in [0.2, 0.25) is 0 Å². The van der Waals surface area contributed by atoms with Gasteiger partial charge in [0.2, 0.25) is 5.91 Å². The minimum atomic E-state index is -0.872. The van der Waals surface area contributed by atoms with E-state index in [1.165, 1.54) is 11.8 Å². The molecule has 0 spiro atoms. The van der Waals surface area contributed by atoms with E-state index in [0.29, 0.717) is 10.9 Å². The van der Waals surface area contributed by atoms with Crippen molar-refractivity contribution in [3.05, 3.63) is 60.4 Å². The lowest BCUT2D eigenvalue weighted by molar-refractivity contribution is -0.120. The molecule has 0 aliphatic rings. The third-order valence-corrected chi connectivity index (χ3v) is 8.32. The van der Waals surface area contributed by atoms with Crippen molar-refractivity contribution in [1.29, 1.82) is 0 Å². The number of hydrogen-bond donors (Lipinski definition) is 2. The smallest absolute Gasteiger partial charge is 0.318 e. The van der Waals surface area contributed by atoms with Gasteiger partial charge < -0.3 is 5.73 Å². The van der Waals surface area contributed by atoms with Crippen LogP contribution < -0.4 is 11.1 Å². The van der Waals surface area contributed by atoms with Crippen molar-refractivity contribution in [3.8, 4) is 5.69 Å². The molecule has 11 heteroatoms. The summed E-state index contributed by atoms with van der Waals surface area (Å²) in [6, 6.07) is 16.9. The van der Waals surface area contributed by atoms with E-state index in [1.807, 2.05) is 66.9 Å². The predicted octanol–water partition coefficient (Wildman–Crippen LogP) is 4.48. The quantitative estimate of drug-likeness (QED) is 0.344. The summed E-state index contributed by atoms with van der Waals surface area (Å²) < 4.78 is 4.03. The number of para-hydroxylation sites is 2. The maximum absolute atomic E-state index is 12.5. The number of carbonyl (C=O) groups excluding carboxylic acids is 2. The molecule has 0 saturated carbocycles. The van der Waals surface area contributed by atoms with Crippen LogP contribution in [0.15, 0.2) is 64.1 Å². The van der Waals surface area contributed by atoms with Gasteiger partial charge in [-0.05, 0) is 30.2 Å². The molecule has 0 radical (unpaired) electrons. The van der Waals surface area contributed by atoms with Gasteiger partial charge in [-0.25, -0.2) is 9.78 Å². The van der Waals surface area contributed by atoms with Gasteiger partial charge in [-0.15, -0.1) is 21.5 Å². The van der Waals surface area contributed by atoms with Crippen LogP contribution >= 0.6 is 34.9 Å². The number of fused-ring (bicyclic) bond motifs is 1. The largest absolute Gasteiger partial charge is 0.351 e. The van der Waals surface area contributed by atoms with Gasteiger partial charge in [-0.2, -0.15) is 0 Å². The van der Waals surface area contributed by atoms with E-state index in [-0.39, 0.29) is 5.92 Å². The van der Waals surface area contributed by atoms with Crippen molar-refractivity contribution in [2.75, 3.05) is 0 Å². The molecule has 3 N–H and O–H groups in total. The SMILES string of the molecule is CC(C)C(Sc1nnc(CSc2nc3ccccc3s2)n1-c1ccccc1)C(=O)NC(N)=O. The second-order valence-corrected chi connectivity index (χ2v) is 10.8. The maximum atomic E-state index is 12.5. The van der Waals surface area contributed by atoms with E-state index in [2.05, 4.69) is 26.6 Å². The number of hydrogen-bond acceptors (Lipinski definition) is 8. The predicted molar refractivity (Wildman–Crippen MR) is 133 cm³/mol. The van der Waals surface area contributed by atoms with Crippen LogP contribution in [0.5, 0.6) is 0 Å². The zero-order chi connectivity index (χ0) is 23.4. The van der Waals surface area contributed by atoms with Gasteiger partial charge >= 0.3 is 6.03 Å². The number of urea groups is 1. The molecular weight excluding hydrogens is 476 g/mol. The second-order valence-electron chi connectivity index (χ2n) is 7.44. The lowest BCUT2D eigenvalue weighted by Gasteiger charge is -2.19. The van der Waals surface area contributed by atoms with Crippen molar-refractivity contribution in [2.24, 2.45) is 11.7 Å². The number of nitrogens with one attached hydrogen (secondary N) is 1. The molecule has 4 aromatic rings. The molecule has 0 fully saturated rings. The number of aromatic nitrogens is 4. The molecular formula is C22H22N6O2S3. The summed E-state index contributed by atoms with van der Waals surface area (Å²) in [4.78, 5) is 28.4. The minimum absolute atomic E-state index is 0.0594. The summed E-state index contributed by atoms with van der Waals surface area (Å²) in [5, 5.41) is 11.0. The number of thiazole rings is 1. The fourth-order valence-electron chi connectivity index (χ4n) is 3.14. The van der Waals surface area contributed by atoms with E-state index in [1.54, 1.807) is 23.1 Å². The summed E-state index contributed by atoms with van der Waals surface area (Å²) in [6.07, 6.45) is 0. The molecule has 4 rings (SSSR count). The first kappa shape index (κ1) is 23.3. The first-order valence-corrected chi connectivity index (χ1v) is 12.9. The molecule has 170 valence electrons. The Morgan fingerprint density at radius 3 is 2.52 bits per heavy atom. The highest BCUT2D eigenvalue weighted by Gasteiger charge is 2.28. The number of thioether (sulfide) groups is 2. The Kier molecular flexibility index (Phi) is 7.31. The Bertz CT molecular complexity index is 1240. The molecule has 33 heavy (non-hydrogen) atoms. The highest BCUT2D eigenvalue weighted by molar-refractivity contribution is 8.00. The third kappa shape index (κ3) is 5.55. The number of amides is 3. The molecule has 0 aliphatic heterocycles. The Labute approximate surface area is 203 Å². The van der Waals surface area contributed by atoms with Crippen LogP contribution in [-0.2, 0) is 10.5 Å². The average molecular weight is 499 g/mol. The normalized spacial score (nSPS) is 12.2. The van der Waals surface area contributed by atoms with Crippen LogP contribution in [0.3, 0.4) is 0 Å². The fraction of sp³-hybridized carbons (Fsp3) is 0.227. The van der Waals surface area contributed by atoms with E-state index < -0.39 is 17.2 Å². The fourth-order valence-corrected chi connectivity index (χ4v) is 6.19. The molecule has 0 bridgehead atoms. The summed E-state index contributed by atoms with van der Waals surface area (Å²) in [5.74, 6) is 0.791. The molecule has 0 saturated heterocycles. The molecule has 0 aliphatic carbocycles. The number of carbonyl (C=O) groups is 2. The maximum Gasteiger partial charge on any atom is 0.318 e. The van der Waals surface area contributed by atoms with Crippen molar-refractivity contribution >= 4 is 57.0 Å². The lowest BCUT2D eigenvalue weighted by atomic mass is 10.1. The highest BCUT2D eigenvalue weighted by Crippen LogP contribution is 2.34. The van der Waals surface area contributed by atoms with Gasteiger partial charge in [0.05, 0.1) is 21.2 Å². The third-order valence-electron chi connectivity index (χ3n) is 4.66. The Morgan fingerprint density at radius 1 is 1.09 bits per heavy atom. The van der Waals surface area contributed by atoms with Crippen molar-refractivity contribution in [1.82, 2.24) is 25.1 Å². The lowest BCUT2D eigenvalue weighted by Crippen LogP contribution is -2.42. The zero-order valence-electron chi connectivity index (χ0n) is 18.0. The minimum Gasteiger partial charge on any atom is -0.351 e. The van der Waals surface area contributed by atoms with Crippen molar-refractivity contribution in [3.63, 3.8) is 0 Å². The van der Waals surface area contributed by atoms with Crippen molar-refractivity contribution in [2.45, 2.75) is 34.3 Å². The van der Waals surface area contributed by atoms with Gasteiger partial charge in [0.1, 0.15) is 5.82 Å². The van der Waals surface area contributed by atoms with Gasteiger partial charge in [0.25, 0.3) is 0 Å². The molecule has 8 nitrogen and oxygen atoms in total. The average Bonchev–Trinajstić information content (AvgIpc) is 3.39. The van der Waals surface area contributed by atoms with Crippen LogP contribution in [-0.4, -0.2) is 36.9 Å². The number of primary amides is 1. The van der Waals surface area contributed by atoms with Gasteiger partial charge in [-0.1, -0.05) is 67.7 Å². The molecule has 1 atom stereocenters. The Balaban J connectivity index is 1.62. The zero-order valence-corrected chi connectivity index (χ0v) is 20.4. The molecule has 3 amide bonds. The number of nitrogens with two attached hydrogens (primary N) is 1. The first-order valence-electron chi connectivity index (χ1n) is 10.2. The van der Waals surface area contributed by atoms with E-state index >= 15 is 0 Å². The van der Waals surface area contributed by atoms with E-state index in [0.717, 1.165) is 26.1 Å². The first-order chi connectivity index (χ1) is 15.9. The number of nitrogens with zero attached hydrogens (tertiary/aromatic N) is 4. The highest BCUT2D eigenvalue weighted by atomic mass is 32.2. The summed E-state index contributed by atoms with van der Waals surface area (Å²) in [6.45, 7) is 3.82. The summed E-state index contributed by atoms with van der Waals surface area (Å²) in [5.41, 5.74) is 7.02. The van der Waals surface area contributed by atoms with E-state index in [4.69, 9.17) is 5.73 Å². The summed E-state index contributed by atoms with van der Waals surface area (Å²) >= 11 is 4.50. The topological polar surface area (TPSA) is 116 Å². The van der Waals surface area contributed by atoms with Gasteiger partial charge in [0, 0.05) is 5.69 Å². The summed E-state index contributed by atoms with van der Waals surface area (Å²) in [7, 11) is 0. The molecule has 2 heterocycles. The van der Waals surface area contributed by atoms with Gasteiger partial charge in [-0.3, -0.25) is 14.7 Å². The van der Waals surface area contributed by atoms with E-state index in [9.17, 15) is 9.59 Å². The number of rotatable bonds is 8. The van der Waals surface area contributed by atoms with Crippen molar-refractivity contribution < 1.29 is 9.59 Å². The van der Waals surface area contributed by atoms with Gasteiger partial charge in [0.15, 0.2) is 9.50 Å². The van der Waals surface area contributed by atoms with Crippen LogP contribution in [0.25, 0.3) is 15.9 Å². The molecule has 1 unspecified atom stereocenters. The Morgan fingerprint density at radius 2 is 1.82 bits per heavy atom. The van der Waals surface area contributed by atoms with Crippen LogP contribution in [0.4, 0.5) is 4.79 Å². The Hall–Kier alpha value is -2.89. The van der Waals surface area contributed by atoms with Crippen LogP contribution in [0.1, 0.15) is 19.7 Å². The van der Waals surface area contributed by atoms with Crippen LogP contribution in [0, 0.1) is 5.92 Å². The number of imide groups is 1. The monoisotopic (exact) mass is 498 g/mol. The number of benzene rings is 2. The standard InChI is InChI=1S/C22H22N6O2S3/c1-13(2)18(19(29)25-20(23)30)33-21-27-26-17(28(21)14-8-4-3-5-9-14)12-31-22-24-15-10-6-7-11-16(15)32-22/h3-11,13,18H,12H2,1-2H3,(H3,23,25,29,30). The molecule has 2 aromatic carbocycles.